The molecule has 0 saturated heterocycles. The fourth-order valence-electron chi connectivity index (χ4n) is 0.742. The standard InChI is InChI=1S/C5H4N4O/c10-9-2-4-1-7-8-5(4)6-3-9/h1-3,10H. The first-order valence-electron chi connectivity index (χ1n) is 2.71. The molecular weight excluding hydrogens is 132 g/mol. The Labute approximate surface area is 56.3 Å². The van der Waals surface area contributed by atoms with Gasteiger partial charge >= 0.3 is 0 Å². The van der Waals surface area contributed by atoms with Gasteiger partial charge < -0.3 is 5.21 Å². The van der Waals surface area contributed by atoms with Crippen LogP contribution in [-0.2, 0) is 0 Å². The summed E-state index contributed by atoms with van der Waals surface area (Å²) in [7, 11) is 0. The van der Waals surface area contributed by atoms with Crippen LogP contribution in [0.5, 0.6) is 0 Å². The molecule has 0 aliphatic carbocycles. The Bertz CT molecular complexity index is 318. The molecule has 5 heteroatoms. The molecule has 0 unspecified atom stereocenters. The summed E-state index contributed by atoms with van der Waals surface area (Å²) in [5.41, 5.74) is 0.727. The third-order valence-electron chi connectivity index (χ3n) is 1.18. The van der Waals surface area contributed by atoms with Crippen molar-refractivity contribution in [3.05, 3.63) is 18.7 Å². The van der Waals surface area contributed by atoms with E-state index in [1.165, 1.54) is 18.7 Å². The van der Waals surface area contributed by atoms with Crippen molar-refractivity contribution >= 4 is 0 Å². The number of aromatic nitrogens is 4. The smallest absolute Gasteiger partial charge is 0.186 e. The highest BCUT2D eigenvalue weighted by atomic mass is 16.5. The minimum atomic E-state index is 0.547. The number of hydrogen-bond donors (Lipinski definition) is 1. The molecule has 0 aromatic heterocycles. The SMILES string of the molecule is On1cnc2nncc-2c1. The topological polar surface area (TPSA) is 63.8 Å². The van der Waals surface area contributed by atoms with Gasteiger partial charge in [0, 0.05) is 0 Å². The van der Waals surface area contributed by atoms with E-state index in [1.54, 1.807) is 0 Å². The van der Waals surface area contributed by atoms with Gasteiger partial charge in [-0.1, -0.05) is 0 Å². The highest BCUT2D eigenvalue weighted by Crippen LogP contribution is 2.11. The van der Waals surface area contributed by atoms with Gasteiger partial charge in [0.1, 0.15) is 6.33 Å². The van der Waals surface area contributed by atoms with E-state index < -0.39 is 0 Å². The Morgan fingerprint density at radius 1 is 1.50 bits per heavy atom. The zero-order valence-corrected chi connectivity index (χ0v) is 4.97. The van der Waals surface area contributed by atoms with Crippen LogP contribution in [0.3, 0.4) is 0 Å². The van der Waals surface area contributed by atoms with Crippen LogP contribution < -0.4 is 0 Å². The van der Waals surface area contributed by atoms with Crippen LogP contribution in [0.2, 0.25) is 0 Å². The first kappa shape index (κ1) is 5.16. The summed E-state index contributed by atoms with van der Waals surface area (Å²) < 4.78 is 0.867. The molecule has 0 fully saturated rings. The molecule has 0 atom stereocenters. The van der Waals surface area contributed by atoms with Crippen molar-refractivity contribution in [1.29, 1.82) is 0 Å². The van der Waals surface area contributed by atoms with Gasteiger partial charge in [-0.15, -0.1) is 5.10 Å². The molecule has 2 aliphatic heterocycles. The van der Waals surface area contributed by atoms with E-state index in [0.717, 1.165) is 10.3 Å². The minimum Gasteiger partial charge on any atom is -0.428 e. The maximum atomic E-state index is 8.85. The molecule has 0 saturated carbocycles. The monoisotopic (exact) mass is 136 g/mol. The van der Waals surface area contributed by atoms with E-state index in [4.69, 9.17) is 5.21 Å². The van der Waals surface area contributed by atoms with Gasteiger partial charge in [-0.3, -0.25) is 0 Å². The minimum absolute atomic E-state index is 0.547. The summed E-state index contributed by atoms with van der Waals surface area (Å²) in [6.45, 7) is 0. The molecule has 0 amide bonds. The summed E-state index contributed by atoms with van der Waals surface area (Å²) in [4.78, 5) is 3.78. The third kappa shape index (κ3) is 0.604. The molecule has 2 rings (SSSR count). The van der Waals surface area contributed by atoms with E-state index in [-0.39, 0.29) is 0 Å². The average Bonchev–Trinajstić information content (AvgIpc) is 2.33. The number of hydrogen-bond acceptors (Lipinski definition) is 4. The van der Waals surface area contributed by atoms with Crippen LogP contribution >= 0.6 is 0 Å². The van der Waals surface area contributed by atoms with Crippen molar-refractivity contribution in [2.45, 2.75) is 0 Å². The predicted molar refractivity (Wildman–Crippen MR) is 31.6 cm³/mol. The van der Waals surface area contributed by atoms with Crippen LogP contribution in [0.25, 0.3) is 11.4 Å². The predicted octanol–water partition coefficient (Wildman–Crippen LogP) is 0.0152. The van der Waals surface area contributed by atoms with Crippen molar-refractivity contribution in [3.8, 4) is 11.4 Å². The molecule has 2 heterocycles. The quantitative estimate of drug-likeness (QED) is 0.518. The molecule has 10 heavy (non-hydrogen) atoms. The highest BCUT2D eigenvalue weighted by molar-refractivity contribution is 5.51. The lowest BCUT2D eigenvalue weighted by molar-refractivity contribution is 0.181. The average molecular weight is 136 g/mol. The molecule has 5 nitrogen and oxygen atoms in total. The van der Waals surface area contributed by atoms with Gasteiger partial charge in [-0.05, 0) is 0 Å². The molecule has 0 radical (unpaired) electrons. The second kappa shape index (κ2) is 1.66. The van der Waals surface area contributed by atoms with Gasteiger partial charge in [0.15, 0.2) is 5.82 Å². The Kier molecular flexibility index (Phi) is 0.858. The van der Waals surface area contributed by atoms with Crippen LogP contribution in [0.1, 0.15) is 0 Å². The lowest BCUT2D eigenvalue weighted by Gasteiger charge is -1.96. The molecule has 0 aromatic carbocycles. The summed E-state index contributed by atoms with van der Waals surface area (Å²) in [6, 6.07) is 0. The number of fused-ring (bicyclic) bond motifs is 1. The fraction of sp³-hybridized carbons (Fsp3) is 0. The molecule has 0 bridgehead atoms. The highest BCUT2D eigenvalue weighted by Gasteiger charge is 2.04. The zero-order chi connectivity index (χ0) is 6.97. The van der Waals surface area contributed by atoms with Gasteiger partial charge in [-0.2, -0.15) is 9.83 Å². The van der Waals surface area contributed by atoms with Crippen molar-refractivity contribution in [2.24, 2.45) is 0 Å². The molecule has 2 aliphatic rings. The van der Waals surface area contributed by atoms with Crippen molar-refractivity contribution in [3.63, 3.8) is 0 Å². The van der Waals surface area contributed by atoms with Gasteiger partial charge in [-0.25, -0.2) is 4.98 Å². The van der Waals surface area contributed by atoms with Gasteiger partial charge in [0.05, 0.1) is 18.0 Å². The first-order chi connectivity index (χ1) is 4.86. The lowest BCUT2D eigenvalue weighted by atomic mass is 10.3. The van der Waals surface area contributed by atoms with Crippen molar-refractivity contribution in [1.82, 2.24) is 19.9 Å². The number of nitrogens with zero attached hydrogens (tertiary/aromatic N) is 4. The molecule has 1 N–H and O–H groups in total. The third-order valence-corrected chi connectivity index (χ3v) is 1.18. The summed E-state index contributed by atoms with van der Waals surface area (Å²) in [6.07, 6.45) is 4.29. The molecule has 0 aromatic rings. The summed E-state index contributed by atoms with van der Waals surface area (Å²) in [5, 5.41) is 16.1. The second-order valence-corrected chi connectivity index (χ2v) is 1.88. The second-order valence-electron chi connectivity index (χ2n) is 1.88. The number of rotatable bonds is 0. The Balaban J connectivity index is 2.75. The maximum Gasteiger partial charge on any atom is 0.186 e. The van der Waals surface area contributed by atoms with Crippen LogP contribution in [0.4, 0.5) is 0 Å². The molecule has 0 spiro atoms. The van der Waals surface area contributed by atoms with E-state index in [0.29, 0.717) is 5.82 Å². The van der Waals surface area contributed by atoms with Crippen LogP contribution in [-0.4, -0.2) is 25.1 Å². The Hall–Kier alpha value is -1.65. The van der Waals surface area contributed by atoms with E-state index in [1.807, 2.05) is 0 Å². The van der Waals surface area contributed by atoms with E-state index in [2.05, 4.69) is 15.2 Å². The first-order valence-corrected chi connectivity index (χ1v) is 2.71. The van der Waals surface area contributed by atoms with Crippen LogP contribution in [0.15, 0.2) is 18.7 Å². The summed E-state index contributed by atoms with van der Waals surface area (Å²) in [5.74, 6) is 0.547. The molecular formula is C5H4N4O. The van der Waals surface area contributed by atoms with Crippen LogP contribution in [0, 0.1) is 0 Å². The normalized spacial score (nSPS) is 10.4. The van der Waals surface area contributed by atoms with Crippen molar-refractivity contribution in [2.75, 3.05) is 0 Å². The summed E-state index contributed by atoms with van der Waals surface area (Å²) >= 11 is 0. The Morgan fingerprint density at radius 2 is 2.40 bits per heavy atom. The van der Waals surface area contributed by atoms with Gasteiger partial charge in [0.25, 0.3) is 0 Å². The van der Waals surface area contributed by atoms with Gasteiger partial charge in [0.2, 0.25) is 0 Å². The largest absolute Gasteiger partial charge is 0.428 e. The maximum absolute atomic E-state index is 8.85. The van der Waals surface area contributed by atoms with Crippen molar-refractivity contribution < 1.29 is 5.21 Å². The Morgan fingerprint density at radius 3 is 3.30 bits per heavy atom. The fourth-order valence-corrected chi connectivity index (χ4v) is 0.742. The van der Waals surface area contributed by atoms with E-state index >= 15 is 0 Å². The van der Waals surface area contributed by atoms with E-state index in [9.17, 15) is 0 Å². The lowest BCUT2D eigenvalue weighted by Crippen LogP contribution is -1.94. The molecule has 50 valence electrons. The zero-order valence-electron chi connectivity index (χ0n) is 4.97.